The number of rotatable bonds is 7. The van der Waals surface area contributed by atoms with Gasteiger partial charge in [0.25, 0.3) is 0 Å². The minimum Gasteiger partial charge on any atom is -0.492 e. The van der Waals surface area contributed by atoms with Crippen molar-refractivity contribution in [1.82, 2.24) is 10.2 Å². The first-order chi connectivity index (χ1) is 12.6. The van der Waals surface area contributed by atoms with Gasteiger partial charge >= 0.3 is 0 Å². The largest absolute Gasteiger partial charge is 0.492 e. The first kappa shape index (κ1) is 18.0. The summed E-state index contributed by atoms with van der Waals surface area (Å²) in [6, 6.07) is 17.6. The van der Waals surface area contributed by atoms with Crippen molar-refractivity contribution in [1.29, 1.82) is 0 Å². The molecule has 0 aromatic heterocycles. The predicted octanol–water partition coefficient (Wildman–Crippen LogP) is 2.54. The number of carbonyl (C=O) groups is 2. The third-order valence-corrected chi connectivity index (χ3v) is 4.49. The molecule has 0 bridgehead atoms. The Morgan fingerprint density at radius 1 is 1.15 bits per heavy atom. The smallest absolute Gasteiger partial charge is 0.225 e. The zero-order chi connectivity index (χ0) is 18.4. The molecule has 136 valence electrons. The Labute approximate surface area is 154 Å². The van der Waals surface area contributed by atoms with Crippen molar-refractivity contribution >= 4 is 11.8 Å². The molecule has 1 N–H and O–H groups in total. The standard InChI is InChI=1S/C21H24N2O3/c1-16-7-9-19(10-8-16)26-12-11-22-21(25)18-13-20(24)23(15-18)14-17-5-3-2-4-6-17/h2-10,18H,11-15H2,1H3,(H,22,25). The summed E-state index contributed by atoms with van der Waals surface area (Å²) in [5.74, 6) is 0.451. The molecule has 1 aliphatic heterocycles. The van der Waals surface area contributed by atoms with Gasteiger partial charge in [-0.3, -0.25) is 9.59 Å². The van der Waals surface area contributed by atoms with Crippen molar-refractivity contribution in [3.8, 4) is 5.75 Å². The van der Waals surface area contributed by atoms with E-state index >= 15 is 0 Å². The number of hydrogen-bond acceptors (Lipinski definition) is 3. The highest BCUT2D eigenvalue weighted by Gasteiger charge is 2.33. The van der Waals surface area contributed by atoms with Crippen LogP contribution < -0.4 is 10.1 Å². The second kappa shape index (κ2) is 8.52. The molecular weight excluding hydrogens is 328 g/mol. The number of hydrogen-bond donors (Lipinski definition) is 1. The third kappa shape index (κ3) is 4.85. The normalized spacial score (nSPS) is 16.6. The second-order valence-corrected chi connectivity index (χ2v) is 6.61. The van der Waals surface area contributed by atoms with Gasteiger partial charge in [-0.05, 0) is 24.6 Å². The van der Waals surface area contributed by atoms with Crippen LogP contribution >= 0.6 is 0 Å². The highest BCUT2D eigenvalue weighted by Crippen LogP contribution is 2.20. The predicted molar refractivity (Wildman–Crippen MR) is 99.6 cm³/mol. The lowest BCUT2D eigenvalue weighted by Gasteiger charge is -2.16. The summed E-state index contributed by atoms with van der Waals surface area (Å²) in [6.45, 7) is 3.88. The summed E-state index contributed by atoms with van der Waals surface area (Å²) in [5, 5.41) is 2.87. The van der Waals surface area contributed by atoms with Gasteiger partial charge in [0.2, 0.25) is 11.8 Å². The van der Waals surface area contributed by atoms with Gasteiger partial charge in [0.15, 0.2) is 0 Å². The van der Waals surface area contributed by atoms with Crippen molar-refractivity contribution in [2.75, 3.05) is 19.7 Å². The molecule has 5 heteroatoms. The number of nitrogens with one attached hydrogen (secondary N) is 1. The topological polar surface area (TPSA) is 58.6 Å². The molecule has 0 radical (unpaired) electrons. The van der Waals surface area contributed by atoms with E-state index in [1.807, 2.05) is 61.5 Å². The van der Waals surface area contributed by atoms with E-state index in [4.69, 9.17) is 4.74 Å². The molecule has 2 aromatic rings. The monoisotopic (exact) mass is 352 g/mol. The molecule has 1 unspecified atom stereocenters. The van der Waals surface area contributed by atoms with Gasteiger partial charge in [0.05, 0.1) is 12.5 Å². The highest BCUT2D eigenvalue weighted by atomic mass is 16.5. The fraction of sp³-hybridized carbons (Fsp3) is 0.333. The van der Waals surface area contributed by atoms with Crippen LogP contribution in [0.4, 0.5) is 0 Å². The molecule has 1 heterocycles. The molecular formula is C21H24N2O3. The maximum absolute atomic E-state index is 12.3. The summed E-state index contributed by atoms with van der Waals surface area (Å²) in [6.07, 6.45) is 0.275. The number of carbonyl (C=O) groups excluding carboxylic acids is 2. The number of benzene rings is 2. The van der Waals surface area contributed by atoms with Gasteiger partial charge in [0.1, 0.15) is 12.4 Å². The van der Waals surface area contributed by atoms with E-state index in [-0.39, 0.29) is 24.2 Å². The molecule has 1 fully saturated rings. The minimum atomic E-state index is -0.286. The van der Waals surface area contributed by atoms with Crippen LogP contribution in [0.2, 0.25) is 0 Å². The van der Waals surface area contributed by atoms with Crippen molar-refractivity contribution in [2.45, 2.75) is 19.9 Å². The second-order valence-electron chi connectivity index (χ2n) is 6.61. The summed E-state index contributed by atoms with van der Waals surface area (Å²) < 4.78 is 5.60. The lowest BCUT2D eigenvalue weighted by atomic mass is 10.1. The van der Waals surface area contributed by atoms with E-state index in [1.54, 1.807) is 4.90 Å². The van der Waals surface area contributed by atoms with Crippen molar-refractivity contribution in [2.24, 2.45) is 5.92 Å². The molecule has 0 spiro atoms. The maximum Gasteiger partial charge on any atom is 0.225 e. The van der Waals surface area contributed by atoms with Crippen LogP contribution in [0.25, 0.3) is 0 Å². The first-order valence-electron chi connectivity index (χ1n) is 8.90. The van der Waals surface area contributed by atoms with Gasteiger partial charge in [-0.1, -0.05) is 48.0 Å². The van der Waals surface area contributed by atoms with E-state index in [2.05, 4.69) is 5.32 Å². The number of amides is 2. The Morgan fingerprint density at radius 2 is 1.88 bits per heavy atom. The van der Waals surface area contributed by atoms with E-state index in [9.17, 15) is 9.59 Å². The van der Waals surface area contributed by atoms with Crippen LogP contribution in [-0.2, 0) is 16.1 Å². The fourth-order valence-electron chi connectivity index (χ4n) is 3.03. The molecule has 1 atom stereocenters. The van der Waals surface area contributed by atoms with Crippen molar-refractivity contribution in [3.05, 3.63) is 65.7 Å². The van der Waals surface area contributed by atoms with Crippen molar-refractivity contribution < 1.29 is 14.3 Å². The van der Waals surface area contributed by atoms with Crippen LogP contribution in [0.3, 0.4) is 0 Å². The van der Waals surface area contributed by atoms with Gasteiger partial charge in [-0.15, -0.1) is 0 Å². The molecule has 2 amide bonds. The molecule has 1 saturated heterocycles. The summed E-state index contributed by atoms with van der Waals surface area (Å²) in [7, 11) is 0. The van der Waals surface area contributed by atoms with Crippen LogP contribution in [0.15, 0.2) is 54.6 Å². The van der Waals surface area contributed by atoms with Gasteiger partial charge in [0, 0.05) is 19.5 Å². The summed E-state index contributed by atoms with van der Waals surface area (Å²) in [5.41, 5.74) is 2.25. The summed E-state index contributed by atoms with van der Waals surface area (Å²) >= 11 is 0. The summed E-state index contributed by atoms with van der Waals surface area (Å²) in [4.78, 5) is 26.2. The quantitative estimate of drug-likeness (QED) is 0.779. The molecule has 26 heavy (non-hydrogen) atoms. The van der Waals surface area contributed by atoms with Crippen molar-refractivity contribution in [3.63, 3.8) is 0 Å². The lowest BCUT2D eigenvalue weighted by molar-refractivity contribution is -0.129. The number of nitrogens with zero attached hydrogens (tertiary/aromatic N) is 1. The van der Waals surface area contributed by atoms with Crippen LogP contribution in [-0.4, -0.2) is 36.4 Å². The van der Waals surface area contributed by atoms with E-state index < -0.39 is 0 Å². The molecule has 0 aliphatic carbocycles. The molecule has 1 aliphatic rings. The Balaban J connectivity index is 1.41. The van der Waals surface area contributed by atoms with Gasteiger partial charge in [-0.25, -0.2) is 0 Å². The van der Waals surface area contributed by atoms with Crippen LogP contribution in [0.1, 0.15) is 17.5 Å². The Kier molecular flexibility index (Phi) is 5.89. The van der Waals surface area contributed by atoms with E-state index in [0.29, 0.717) is 26.2 Å². The minimum absolute atomic E-state index is 0.0323. The average molecular weight is 352 g/mol. The van der Waals surface area contributed by atoms with E-state index in [1.165, 1.54) is 5.56 Å². The van der Waals surface area contributed by atoms with Gasteiger partial charge < -0.3 is 15.0 Å². The zero-order valence-corrected chi connectivity index (χ0v) is 15.0. The SMILES string of the molecule is Cc1ccc(OCCNC(=O)C2CC(=O)N(Cc3ccccc3)C2)cc1. The first-order valence-corrected chi connectivity index (χ1v) is 8.90. The highest BCUT2D eigenvalue weighted by molar-refractivity contribution is 5.89. The average Bonchev–Trinajstić information content (AvgIpc) is 3.01. The van der Waals surface area contributed by atoms with E-state index in [0.717, 1.165) is 11.3 Å². The molecule has 0 saturated carbocycles. The molecule has 3 rings (SSSR count). The van der Waals surface area contributed by atoms with Gasteiger partial charge in [-0.2, -0.15) is 0 Å². The van der Waals surface area contributed by atoms with Crippen LogP contribution in [0, 0.1) is 12.8 Å². The molecule has 2 aromatic carbocycles. The number of ether oxygens (including phenoxy) is 1. The fourth-order valence-corrected chi connectivity index (χ4v) is 3.03. The van der Waals surface area contributed by atoms with Crippen LogP contribution in [0.5, 0.6) is 5.75 Å². The Morgan fingerprint density at radius 3 is 2.62 bits per heavy atom. The number of aryl methyl sites for hydroxylation is 1. The zero-order valence-electron chi connectivity index (χ0n) is 15.0. The Hall–Kier alpha value is -2.82. The maximum atomic E-state index is 12.3. The third-order valence-electron chi connectivity index (χ3n) is 4.49. The Bertz CT molecular complexity index is 744. The lowest BCUT2D eigenvalue weighted by Crippen LogP contribution is -2.35. The number of likely N-dealkylation sites (tertiary alicyclic amines) is 1. The molecule has 5 nitrogen and oxygen atoms in total.